The van der Waals surface area contributed by atoms with Crippen LogP contribution in [0.25, 0.3) is 16.6 Å². The second kappa shape index (κ2) is 10.0. The predicted octanol–water partition coefficient (Wildman–Crippen LogP) is 6.96. The molecule has 2 aliphatic rings. The van der Waals surface area contributed by atoms with Gasteiger partial charge in [-0.05, 0) is 99.5 Å². The van der Waals surface area contributed by atoms with Crippen molar-refractivity contribution in [1.29, 1.82) is 0 Å². The number of hydrogen-bond acceptors (Lipinski definition) is 4. The normalized spacial score (nSPS) is 22.6. The van der Waals surface area contributed by atoms with Crippen LogP contribution in [0.4, 0.5) is 9.18 Å². The molecule has 3 unspecified atom stereocenters. The summed E-state index contributed by atoms with van der Waals surface area (Å²) < 4.78 is 27.6. The Morgan fingerprint density at radius 1 is 1.10 bits per heavy atom. The van der Waals surface area contributed by atoms with E-state index < -0.39 is 5.60 Å². The molecule has 6 nitrogen and oxygen atoms in total. The van der Waals surface area contributed by atoms with E-state index in [1.165, 1.54) is 17.7 Å². The molecule has 1 saturated heterocycles. The zero-order chi connectivity index (χ0) is 28.1. The highest BCUT2D eigenvalue weighted by Gasteiger charge is 2.56. The largest absolute Gasteiger partial charge is 0.444 e. The van der Waals surface area contributed by atoms with Gasteiger partial charge in [-0.15, -0.1) is 0 Å². The summed E-state index contributed by atoms with van der Waals surface area (Å²) in [5, 5.41) is 5.65. The molecule has 1 saturated carbocycles. The van der Waals surface area contributed by atoms with Gasteiger partial charge in [0.25, 0.3) is 0 Å². The molecule has 0 bridgehead atoms. The number of aryl methyl sites for hydroxylation is 1. The first kappa shape index (κ1) is 26.5. The smallest absolute Gasteiger partial charge is 0.410 e. The van der Waals surface area contributed by atoms with E-state index in [1.54, 1.807) is 12.1 Å². The maximum atomic E-state index is 13.5. The van der Waals surface area contributed by atoms with Crippen molar-refractivity contribution in [3.8, 4) is 5.69 Å². The first-order chi connectivity index (χ1) is 19.1. The van der Waals surface area contributed by atoms with Crippen LogP contribution in [0.15, 0.2) is 72.9 Å². The van der Waals surface area contributed by atoms with Crippen LogP contribution in [0, 0.1) is 18.7 Å². The highest BCUT2D eigenvalue weighted by molar-refractivity contribution is 5.83. The number of benzene rings is 3. The molecule has 2 heterocycles. The van der Waals surface area contributed by atoms with Crippen LogP contribution in [0.3, 0.4) is 0 Å². The molecule has 1 aliphatic heterocycles. The first-order valence-corrected chi connectivity index (χ1v) is 14.0. The Kier molecular flexibility index (Phi) is 6.65. The van der Waals surface area contributed by atoms with Crippen LogP contribution >= 0.6 is 0 Å². The van der Waals surface area contributed by atoms with E-state index in [9.17, 15) is 9.18 Å². The summed E-state index contributed by atoms with van der Waals surface area (Å²) >= 11 is 0. The van der Waals surface area contributed by atoms with Crippen molar-refractivity contribution in [2.24, 2.45) is 5.92 Å². The molecule has 0 N–H and O–H groups in total. The van der Waals surface area contributed by atoms with Gasteiger partial charge in [-0.25, -0.2) is 13.9 Å². The van der Waals surface area contributed by atoms with Gasteiger partial charge >= 0.3 is 6.09 Å². The van der Waals surface area contributed by atoms with Crippen molar-refractivity contribution in [3.05, 3.63) is 95.4 Å². The molecule has 4 aromatic rings. The van der Waals surface area contributed by atoms with Crippen molar-refractivity contribution >= 4 is 17.0 Å². The number of fused-ring (bicyclic) bond motifs is 2. The van der Waals surface area contributed by atoms with Gasteiger partial charge < -0.3 is 14.4 Å². The fourth-order valence-electron chi connectivity index (χ4n) is 6.61. The molecular formula is C33H36FN3O3. The summed E-state index contributed by atoms with van der Waals surface area (Å²) in [6.07, 6.45) is 3.43. The first-order valence-electron chi connectivity index (χ1n) is 14.0. The number of carbonyl (C=O) groups is 1. The molecule has 0 radical (unpaired) electrons. The van der Waals surface area contributed by atoms with Crippen molar-refractivity contribution in [2.75, 3.05) is 13.1 Å². The Labute approximate surface area is 234 Å². The summed E-state index contributed by atoms with van der Waals surface area (Å²) in [5.41, 5.74) is 4.54. The molecule has 2 fully saturated rings. The lowest BCUT2D eigenvalue weighted by atomic mass is 9.72. The molecule has 0 spiro atoms. The van der Waals surface area contributed by atoms with Gasteiger partial charge in [0.05, 0.1) is 30.1 Å². The van der Waals surface area contributed by atoms with Gasteiger partial charge in [0.2, 0.25) is 0 Å². The van der Waals surface area contributed by atoms with Gasteiger partial charge in [0.1, 0.15) is 11.4 Å². The van der Waals surface area contributed by atoms with Crippen LogP contribution in [0.5, 0.6) is 0 Å². The molecule has 208 valence electrons. The number of rotatable bonds is 5. The van der Waals surface area contributed by atoms with E-state index >= 15 is 0 Å². The quantitative estimate of drug-likeness (QED) is 0.274. The lowest BCUT2D eigenvalue weighted by Crippen LogP contribution is -2.39. The fourth-order valence-corrected chi connectivity index (χ4v) is 6.61. The molecule has 7 heteroatoms. The van der Waals surface area contributed by atoms with E-state index in [0.29, 0.717) is 19.7 Å². The Morgan fingerprint density at radius 3 is 2.58 bits per heavy atom. The molecule has 1 aliphatic carbocycles. The van der Waals surface area contributed by atoms with Gasteiger partial charge in [0.15, 0.2) is 0 Å². The average Bonchev–Trinajstić information content (AvgIpc) is 3.58. The number of halogens is 1. The predicted molar refractivity (Wildman–Crippen MR) is 153 cm³/mol. The second-order valence-electron chi connectivity index (χ2n) is 12.3. The van der Waals surface area contributed by atoms with Crippen molar-refractivity contribution in [3.63, 3.8) is 0 Å². The Hall–Kier alpha value is -3.71. The van der Waals surface area contributed by atoms with E-state index in [0.717, 1.165) is 40.6 Å². The highest BCUT2D eigenvalue weighted by Crippen LogP contribution is 2.53. The number of nitrogens with zero attached hydrogens (tertiary/aromatic N) is 3. The highest BCUT2D eigenvalue weighted by atomic mass is 19.1. The molecule has 40 heavy (non-hydrogen) atoms. The molecule has 3 aromatic carbocycles. The van der Waals surface area contributed by atoms with Gasteiger partial charge in [-0.3, -0.25) is 0 Å². The lowest BCUT2D eigenvalue weighted by molar-refractivity contribution is 0.0194. The minimum Gasteiger partial charge on any atom is -0.444 e. The van der Waals surface area contributed by atoms with Crippen molar-refractivity contribution in [2.45, 2.75) is 64.3 Å². The lowest BCUT2D eigenvalue weighted by Gasteiger charge is -2.32. The third kappa shape index (κ3) is 4.99. The van der Waals surface area contributed by atoms with Crippen LogP contribution < -0.4 is 0 Å². The summed E-state index contributed by atoms with van der Waals surface area (Å²) in [4.78, 5) is 15.1. The number of hydrogen-bond donors (Lipinski definition) is 0. The van der Waals surface area contributed by atoms with Gasteiger partial charge in [0, 0.05) is 23.9 Å². The zero-order valence-corrected chi connectivity index (χ0v) is 23.6. The number of likely N-dealkylation sites (tertiary alicyclic amines) is 1. The maximum absolute atomic E-state index is 13.5. The molecular weight excluding hydrogens is 505 g/mol. The topological polar surface area (TPSA) is 56.6 Å². The van der Waals surface area contributed by atoms with Crippen LogP contribution in [0.1, 0.15) is 50.3 Å². The van der Waals surface area contributed by atoms with Gasteiger partial charge in [-0.2, -0.15) is 5.10 Å². The number of carbonyl (C=O) groups excluding carboxylic acids is 1. The third-order valence-corrected chi connectivity index (χ3v) is 8.34. The summed E-state index contributed by atoms with van der Waals surface area (Å²) in [6.45, 7) is 9.66. The summed E-state index contributed by atoms with van der Waals surface area (Å²) in [7, 11) is 0. The Morgan fingerprint density at radius 2 is 1.85 bits per heavy atom. The van der Waals surface area contributed by atoms with E-state index in [-0.39, 0.29) is 29.3 Å². The van der Waals surface area contributed by atoms with E-state index in [4.69, 9.17) is 9.47 Å². The summed E-state index contributed by atoms with van der Waals surface area (Å²) in [5.74, 6) is -0.0195. The van der Waals surface area contributed by atoms with E-state index in [1.807, 2.05) is 54.7 Å². The van der Waals surface area contributed by atoms with Crippen molar-refractivity contribution in [1.82, 2.24) is 14.7 Å². The molecule has 1 aromatic heterocycles. The average molecular weight is 542 g/mol. The van der Waals surface area contributed by atoms with Crippen LogP contribution in [0.2, 0.25) is 0 Å². The monoisotopic (exact) mass is 541 g/mol. The number of aromatic nitrogens is 2. The van der Waals surface area contributed by atoms with Crippen LogP contribution in [-0.4, -0.2) is 45.6 Å². The fraction of sp³-hybridized carbons (Fsp3) is 0.394. The minimum atomic E-state index is -0.549. The second-order valence-corrected chi connectivity index (χ2v) is 12.3. The van der Waals surface area contributed by atoms with Crippen LogP contribution in [-0.2, 0) is 21.5 Å². The number of amides is 1. The van der Waals surface area contributed by atoms with Gasteiger partial charge in [-0.1, -0.05) is 30.3 Å². The molecule has 6 rings (SSSR count). The maximum Gasteiger partial charge on any atom is 0.410 e. The van der Waals surface area contributed by atoms with Crippen molar-refractivity contribution < 1.29 is 18.7 Å². The number of ether oxygens (including phenoxy) is 2. The third-order valence-electron chi connectivity index (χ3n) is 8.34. The molecule has 3 atom stereocenters. The zero-order valence-electron chi connectivity index (χ0n) is 23.6. The summed E-state index contributed by atoms with van der Waals surface area (Å²) in [6, 6.07) is 21.0. The minimum absolute atomic E-state index is 0.100. The Bertz CT molecular complexity index is 1530. The molecule has 1 amide bonds. The van der Waals surface area contributed by atoms with E-state index in [2.05, 4.69) is 36.3 Å². The standard InChI is InChI=1S/C33H36FN3O3/c1-22-14-30-24(18-35-37(30)27-12-10-26(34)11-13-27)15-29(22)33-17-28(39-20-23-8-6-5-7-9-23)16-25(33)19-36(21-33)31(38)40-32(2,3)4/h5-15,18,25,28H,16-17,19-21H2,1-4H3. The Balaban J connectivity index is 1.34. The SMILES string of the molecule is Cc1cc2c(cnn2-c2ccc(F)cc2)cc1C12CC(OCc3ccccc3)CC1CN(C(=O)OC(C)(C)C)C2.